The van der Waals surface area contributed by atoms with Crippen LogP contribution < -0.4 is 0 Å². The van der Waals surface area contributed by atoms with E-state index in [9.17, 15) is 4.79 Å². The highest BCUT2D eigenvalue weighted by Gasteiger charge is 2.39. The second-order valence-corrected chi connectivity index (χ2v) is 5.70. The highest BCUT2D eigenvalue weighted by Crippen LogP contribution is 2.28. The van der Waals surface area contributed by atoms with Gasteiger partial charge in [0, 0.05) is 5.56 Å². The van der Waals surface area contributed by atoms with Gasteiger partial charge in [0.05, 0.1) is 5.54 Å². The van der Waals surface area contributed by atoms with Gasteiger partial charge in [0.1, 0.15) is 0 Å². The molecule has 0 saturated carbocycles. The average Bonchev–Trinajstić information content (AvgIpc) is 3.00. The minimum absolute atomic E-state index is 0.284. The Kier molecular flexibility index (Phi) is 4.41. The lowest BCUT2D eigenvalue weighted by molar-refractivity contribution is 0.0647. The van der Waals surface area contributed by atoms with Gasteiger partial charge >= 0.3 is 0 Å². The topological polar surface area (TPSA) is 20.3 Å². The fourth-order valence-corrected chi connectivity index (χ4v) is 2.98. The Morgan fingerprint density at radius 2 is 1.95 bits per heavy atom. The summed E-state index contributed by atoms with van der Waals surface area (Å²) in [5.41, 5.74) is 1.78. The van der Waals surface area contributed by atoms with Crippen LogP contribution in [0.3, 0.4) is 0 Å². The highest BCUT2D eigenvalue weighted by molar-refractivity contribution is 6.03. The maximum atomic E-state index is 12.9. The SMILES string of the molecule is CCc1cccc(C(=O)C(C)(CC)N2CCCC2)c1. The molecule has 1 aromatic rings. The summed E-state index contributed by atoms with van der Waals surface area (Å²) in [6.07, 6.45) is 4.30. The Bertz CT molecular complexity index is 448. The largest absolute Gasteiger partial charge is 0.292 e. The van der Waals surface area contributed by atoms with Gasteiger partial charge in [-0.05, 0) is 57.3 Å². The van der Waals surface area contributed by atoms with Gasteiger partial charge in [-0.25, -0.2) is 0 Å². The standard InChI is InChI=1S/C17H25NO/c1-4-14-9-8-10-15(13-14)16(19)17(3,5-2)18-11-6-7-12-18/h8-10,13H,4-7,11-12H2,1-3H3. The van der Waals surface area contributed by atoms with E-state index in [-0.39, 0.29) is 11.3 Å². The Balaban J connectivity index is 2.28. The normalized spacial score (nSPS) is 19.3. The molecule has 2 heteroatoms. The summed E-state index contributed by atoms with van der Waals surface area (Å²) < 4.78 is 0. The van der Waals surface area contributed by atoms with Crippen molar-refractivity contribution in [1.82, 2.24) is 4.90 Å². The van der Waals surface area contributed by atoms with Crippen LogP contribution in [-0.4, -0.2) is 29.3 Å². The lowest BCUT2D eigenvalue weighted by Crippen LogP contribution is -2.50. The van der Waals surface area contributed by atoms with Crippen molar-refractivity contribution in [3.05, 3.63) is 35.4 Å². The zero-order chi connectivity index (χ0) is 13.9. The molecular formula is C17H25NO. The number of rotatable bonds is 5. The second-order valence-electron chi connectivity index (χ2n) is 5.70. The van der Waals surface area contributed by atoms with E-state index < -0.39 is 0 Å². The molecule has 19 heavy (non-hydrogen) atoms. The molecule has 0 radical (unpaired) electrons. The first-order valence-corrected chi connectivity index (χ1v) is 7.50. The average molecular weight is 259 g/mol. The molecule has 1 aliphatic heterocycles. The molecule has 2 rings (SSSR count). The maximum absolute atomic E-state index is 12.9. The number of carbonyl (C=O) groups excluding carboxylic acids is 1. The van der Waals surface area contributed by atoms with Crippen molar-refractivity contribution >= 4 is 5.78 Å². The molecule has 0 aliphatic carbocycles. The van der Waals surface area contributed by atoms with Gasteiger partial charge < -0.3 is 0 Å². The van der Waals surface area contributed by atoms with Crippen molar-refractivity contribution < 1.29 is 4.79 Å². The van der Waals surface area contributed by atoms with E-state index >= 15 is 0 Å². The predicted octanol–water partition coefficient (Wildman–Crippen LogP) is 3.70. The molecule has 1 saturated heterocycles. The number of nitrogens with zero attached hydrogens (tertiary/aromatic N) is 1. The van der Waals surface area contributed by atoms with Crippen LogP contribution in [0, 0.1) is 0 Å². The van der Waals surface area contributed by atoms with Crippen molar-refractivity contribution in [3.8, 4) is 0 Å². The molecule has 0 bridgehead atoms. The van der Waals surface area contributed by atoms with Gasteiger partial charge in [-0.15, -0.1) is 0 Å². The van der Waals surface area contributed by atoms with Crippen molar-refractivity contribution in [3.63, 3.8) is 0 Å². The molecule has 0 N–H and O–H groups in total. The monoisotopic (exact) mass is 259 g/mol. The third-order valence-corrected chi connectivity index (χ3v) is 4.58. The van der Waals surface area contributed by atoms with E-state index in [2.05, 4.69) is 37.8 Å². The van der Waals surface area contributed by atoms with E-state index in [1.807, 2.05) is 12.1 Å². The smallest absolute Gasteiger partial charge is 0.182 e. The van der Waals surface area contributed by atoms with Crippen LogP contribution >= 0.6 is 0 Å². The maximum Gasteiger partial charge on any atom is 0.182 e. The molecule has 104 valence electrons. The van der Waals surface area contributed by atoms with Crippen LogP contribution in [0.15, 0.2) is 24.3 Å². The first-order chi connectivity index (χ1) is 9.11. The lowest BCUT2D eigenvalue weighted by atomic mass is 9.86. The Hall–Kier alpha value is -1.15. The minimum Gasteiger partial charge on any atom is -0.292 e. The number of hydrogen-bond donors (Lipinski definition) is 0. The number of likely N-dealkylation sites (tertiary alicyclic amines) is 1. The van der Waals surface area contributed by atoms with E-state index in [1.165, 1.54) is 18.4 Å². The number of hydrogen-bond acceptors (Lipinski definition) is 2. The summed E-state index contributed by atoms with van der Waals surface area (Å²) in [7, 11) is 0. The molecular weight excluding hydrogens is 234 g/mol. The second kappa shape index (κ2) is 5.87. The van der Waals surface area contributed by atoms with Crippen molar-refractivity contribution in [2.45, 2.75) is 52.0 Å². The fraction of sp³-hybridized carbons (Fsp3) is 0.588. The van der Waals surface area contributed by atoms with Crippen LogP contribution in [0.25, 0.3) is 0 Å². The first kappa shape index (κ1) is 14.3. The summed E-state index contributed by atoms with van der Waals surface area (Å²) in [5.74, 6) is 0.284. The summed E-state index contributed by atoms with van der Waals surface area (Å²) in [5, 5.41) is 0. The first-order valence-electron chi connectivity index (χ1n) is 7.50. The Labute approximate surface area is 116 Å². The highest BCUT2D eigenvalue weighted by atomic mass is 16.1. The van der Waals surface area contributed by atoms with Crippen molar-refractivity contribution in [2.24, 2.45) is 0 Å². The van der Waals surface area contributed by atoms with Gasteiger partial charge in [0.25, 0.3) is 0 Å². The van der Waals surface area contributed by atoms with Crippen molar-refractivity contribution in [2.75, 3.05) is 13.1 Å². The zero-order valence-electron chi connectivity index (χ0n) is 12.4. The van der Waals surface area contributed by atoms with Gasteiger partial charge in [0.15, 0.2) is 5.78 Å². The summed E-state index contributed by atoms with van der Waals surface area (Å²) in [4.78, 5) is 15.3. The summed E-state index contributed by atoms with van der Waals surface area (Å²) in [6, 6.07) is 8.12. The number of benzene rings is 1. The van der Waals surface area contributed by atoms with Gasteiger partial charge in [-0.1, -0.05) is 32.0 Å². The van der Waals surface area contributed by atoms with Crippen LogP contribution in [0.1, 0.15) is 56.0 Å². The number of ketones is 1. The van der Waals surface area contributed by atoms with E-state index in [0.717, 1.165) is 31.5 Å². The minimum atomic E-state index is -0.330. The third kappa shape index (κ3) is 2.74. The molecule has 1 unspecified atom stereocenters. The molecule has 2 nitrogen and oxygen atoms in total. The van der Waals surface area contributed by atoms with Crippen molar-refractivity contribution in [1.29, 1.82) is 0 Å². The molecule has 0 spiro atoms. The Morgan fingerprint density at radius 1 is 1.26 bits per heavy atom. The van der Waals surface area contributed by atoms with E-state index in [4.69, 9.17) is 0 Å². The molecule has 1 aliphatic rings. The van der Waals surface area contributed by atoms with Crippen LogP contribution in [0.2, 0.25) is 0 Å². The quantitative estimate of drug-likeness (QED) is 0.752. The summed E-state index contributed by atoms with van der Waals surface area (Å²) >= 11 is 0. The summed E-state index contributed by atoms with van der Waals surface area (Å²) in [6.45, 7) is 8.48. The number of carbonyl (C=O) groups is 1. The third-order valence-electron chi connectivity index (χ3n) is 4.58. The van der Waals surface area contributed by atoms with Gasteiger partial charge in [0.2, 0.25) is 0 Å². The molecule has 1 fully saturated rings. The molecule has 1 atom stereocenters. The molecule has 0 amide bonds. The molecule has 0 aromatic heterocycles. The Morgan fingerprint density at radius 3 is 2.53 bits per heavy atom. The molecule has 1 aromatic carbocycles. The van der Waals surface area contributed by atoms with Gasteiger partial charge in [-0.2, -0.15) is 0 Å². The predicted molar refractivity (Wildman–Crippen MR) is 79.7 cm³/mol. The molecule has 1 heterocycles. The lowest BCUT2D eigenvalue weighted by Gasteiger charge is -2.36. The number of Topliss-reactive ketones (excluding diaryl/α,β-unsaturated/α-hetero) is 1. The van der Waals surface area contributed by atoms with E-state index in [1.54, 1.807) is 0 Å². The van der Waals surface area contributed by atoms with Crippen LogP contribution in [0.4, 0.5) is 0 Å². The van der Waals surface area contributed by atoms with Crippen LogP contribution in [-0.2, 0) is 6.42 Å². The van der Waals surface area contributed by atoms with E-state index in [0.29, 0.717) is 0 Å². The zero-order valence-corrected chi connectivity index (χ0v) is 12.4. The number of aryl methyl sites for hydroxylation is 1. The fourth-order valence-electron chi connectivity index (χ4n) is 2.98. The van der Waals surface area contributed by atoms with Gasteiger partial charge in [-0.3, -0.25) is 9.69 Å². The van der Waals surface area contributed by atoms with Crippen LogP contribution in [0.5, 0.6) is 0 Å².